The molecule has 4 aromatic rings. The molecular weight excluding hydrogens is 425 g/mol. The van der Waals surface area contributed by atoms with Crippen molar-refractivity contribution in [1.82, 2.24) is 20.0 Å². The summed E-state index contributed by atoms with van der Waals surface area (Å²) < 4.78 is 14.6. The number of nitrogens with one attached hydrogen (secondary N) is 1. The first kappa shape index (κ1) is 20.2. The van der Waals surface area contributed by atoms with Gasteiger partial charge >= 0.3 is 0 Å². The molecule has 0 atom stereocenters. The summed E-state index contributed by atoms with van der Waals surface area (Å²) in [7, 11) is 0. The number of benzene rings is 2. The van der Waals surface area contributed by atoms with Crippen LogP contribution in [0.1, 0.15) is 32.3 Å². The normalized spacial score (nSPS) is 10.9. The Morgan fingerprint density at radius 2 is 1.97 bits per heavy atom. The molecule has 1 amide bonds. The summed E-state index contributed by atoms with van der Waals surface area (Å²) in [6.45, 7) is 3.64. The topological polar surface area (TPSA) is 72.7 Å². The highest BCUT2D eigenvalue weighted by molar-refractivity contribution is 7.15. The Bertz CT molecular complexity index is 1220. The van der Waals surface area contributed by atoms with Gasteiger partial charge in [-0.15, -0.1) is 16.4 Å². The minimum Gasteiger partial charge on any atom is -0.296 e. The zero-order valence-electron chi connectivity index (χ0n) is 16.2. The van der Waals surface area contributed by atoms with E-state index in [1.165, 1.54) is 28.2 Å². The molecule has 0 aliphatic carbocycles. The predicted molar refractivity (Wildman–Crippen MR) is 115 cm³/mol. The molecule has 4 rings (SSSR count). The van der Waals surface area contributed by atoms with Crippen molar-refractivity contribution in [1.29, 1.82) is 0 Å². The van der Waals surface area contributed by atoms with Crippen LogP contribution in [0.2, 0.25) is 5.02 Å². The molecule has 2 aromatic carbocycles. The summed E-state index contributed by atoms with van der Waals surface area (Å²) in [5.41, 5.74) is 3.27. The molecule has 9 heteroatoms. The maximum absolute atomic E-state index is 13.1. The lowest BCUT2D eigenvalue weighted by atomic mass is 10.1. The Kier molecular flexibility index (Phi) is 5.61. The molecule has 0 saturated carbocycles. The van der Waals surface area contributed by atoms with Crippen molar-refractivity contribution in [3.8, 4) is 5.69 Å². The van der Waals surface area contributed by atoms with Gasteiger partial charge in [0.1, 0.15) is 5.82 Å². The molecule has 1 N–H and O–H groups in total. The lowest BCUT2D eigenvalue weighted by Crippen LogP contribution is -2.14. The summed E-state index contributed by atoms with van der Waals surface area (Å²) in [4.78, 5) is 18.2. The summed E-state index contributed by atoms with van der Waals surface area (Å²) >= 11 is 7.47. The number of rotatable bonds is 5. The average molecular weight is 442 g/mol. The quantitative estimate of drug-likeness (QED) is 0.474. The van der Waals surface area contributed by atoms with Crippen LogP contribution in [0.5, 0.6) is 0 Å². The minimum absolute atomic E-state index is 0.184. The van der Waals surface area contributed by atoms with E-state index in [1.807, 2.05) is 31.2 Å². The minimum atomic E-state index is -0.399. The molecule has 0 saturated heterocycles. The third kappa shape index (κ3) is 4.24. The first-order chi connectivity index (χ1) is 14.4. The lowest BCUT2D eigenvalue weighted by molar-refractivity contribution is 0.102. The van der Waals surface area contributed by atoms with Gasteiger partial charge in [-0.3, -0.25) is 10.1 Å². The lowest BCUT2D eigenvalue weighted by Gasteiger charge is -2.03. The van der Waals surface area contributed by atoms with Gasteiger partial charge in [-0.05, 0) is 55.8 Å². The number of thiazole rings is 1. The number of hydrogen-bond donors (Lipinski definition) is 1. The van der Waals surface area contributed by atoms with Gasteiger partial charge in [0.25, 0.3) is 5.91 Å². The number of carbonyl (C=O) groups excluding carboxylic acids is 1. The van der Waals surface area contributed by atoms with Gasteiger partial charge in [-0.25, -0.2) is 14.1 Å². The van der Waals surface area contributed by atoms with Crippen LogP contribution in [-0.2, 0) is 6.42 Å². The van der Waals surface area contributed by atoms with Crippen molar-refractivity contribution in [3.63, 3.8) is 0 Å². The zero-order valence-corrected chi connectivity index (χ0v) is 17.8. The number of halogens is 2. The van der Waals surface area contributed by atoms with Gasteiger partial charge in [0.2, 0.25) is 0 Å². The molecule has 0 spiro atoms. The SMILES string of the molecule is Cc1nc(NC(=O)c2nnn(-c3ccc(F)cc3)c2C)sc1Cc1cccc(Cl)c1. The Balaban J connectivity index is 1.51. The fourth-order valence-electron chi connectivity index (χ4n) is 3.00. The smallest absolute Gasteiger partial charge is 0.279 e. The summed E-state index contributed by atoms with van der Waals surface area (Å²) in [5, 5.41) is 12.0. The van der Waals surface area contributed by atoms with E-state index in [4.69, 9.17) is 11.6 Å². The molecule has 0 aliphatic heterocycles. The standard InChI is InChI=1S/C21H17ClFN5OS/c1-12-18(11-14-4-3-5-15(22)10-14)30-21(24-12)25-20(29)19-13(2)28(27-26-19)17-8-6-16(23)7-9-17/h3-10H,11H2,1-2H3,(H,24,25,29). The van der Waals surface area contributed by atoms with Gasteiger partial charge in [0.15, 0.2) is 10.8 Å². The van der Waals surface area contributed by atoms with E-state index < -0.39 is 5.91 Å². The molecule has 2 aromatic heterocycles. The van der Waals surface area contributed by atoms with Gasteiger partial charge in [0.05, 0.1) is 17.1 Å². The summed E-state index contributed by atoms with van der Waals surface area (Å²) in [6, 6.07) is 13.5. The monoisotopic (exact) mass is 441 g/mol. The maximum atomic E-state index is 13.1. The number of hydrogen-bond acceptors (Lipinski definition) is 5. The van der Waals surface area contributed by atoms with Crippen molar-refractivity contribution in [2.45, 2.75) is 20.3 Å². The van der Waals surface area contributed by atoms with E-state index in [-0.39, 0.29) is 11.5 Å². The van der Waals surface area contributed by atoms with Crippen LogP contribution in [0, 0.1) is 19.7 Å². The Morgan fingerprint density at radius 1 is 1.20 bits per heavy atom. The van der Waals surface area contributed by atoms with Crippen LogP contribution in [0.4, 0.5) is 9.52 Å². The molecule has 0 radical (unpaired) electrons. The van der Waals surface area contributed by atoms with Crippen molar-refractivity contribution in [2.75, 3.05) is 5.32 Å². The summed E-state index contributed by atoms with van der Waals surface area (Å²) in [5.74, 6) is -0.744. The highest BCUT2D eigenvalue weighted by atomic mass is 35.5. The van der Waals surface area contributed by atoms with Crippen LogP contribution < -0.4 is 5.32 Å². The molecule has 0 fully saturated rings. The van der Waals surface area contributed by atoms with E-state index in [0.717, 1.165) is 16.1 Å². The largest absolute Gasteiger partial charge is 0.296 e. The van der Waals surface area contributed by atoms with Crippen molar-refractivity contribution in [2.24, 2.45) is 0 Å². The third-order valence-electron chi connectivity index (χ3n) is 4.55. The fraction of sp³-hybridized carbons (Fsp3) is 0.143. The molecule has 6 nitrogen and oxygen atoms in total. The number of aryl methyl sites for hydroxylation is 1. The van der Waals surface area contributed by atoms with E-state index in [9.17, 15) is 9.18 Å². The number of carbonyl (C=O) groups is 1. The molecule has 0 aliphatic rings. The van der Waals surface area contributed by atoms with Crippen molar-refractivity contribution >= 4 is 34.0 Å². The van der Waals surface area contributed by atoms with Crippen molar-refractivity contribution in [3.05, 3.63) is 86.9 Å². The predicted octanol–water partition coefficient (Wildman–Crippen LogP) is 4.98. The van der Waals surface area contributed by atoms with Crippen LogP contribution >= 0.6 is 22.9 Å². The van der Waals surface area contributed by atoms with Crippen LogP contribution in [0.15, 0.2) is 48.5 Å². The van der Waals surface area contributed by atoms with E-state index in [1.54, 1.807) is 19.1 Å². The second kappa shape index (κ2) is 8.33. The Morgan fingerprint density at radius 3 is 2.70 bits per heavy atom. The molecule has 0 unspecified atom stereocenters. The maximum Gasteiger partial charge on any atom is 0.279 e. The van der Waals surface area contributed by atoms with Gasteiger partial charge in [-0.2, -0.15) is 0 Å². The van der Waals surface area contributed by atoms with E-state index in [2.05, 4.69) is 20.6 Å². The van der Waals surface area contributed by atoms with Gasteiger partial charge in [0, 0.05) is 16.3 Å². The van der Waals surface area contributed by atoms with E-state index in [0.29, 0.717) is 28.0 Å². The van der Waals surface area contributed by atoms with Crippen LogP contribution in [0.25, 0.3) is 5.69 Å². The molecule has 152 valence electrons. The molecule has 30 heavy (non-hydrogen) atoms. The molecule has 0 bridgehead atoms. The summed E-state index contributed by atoms with van der Waals surface area (Å²) in [6.07, 6.45) is 0.680. The number of nitrogens with zero attached hydrogens (tertiary/aromatic N) is 4. The fourth-order valence-corrected chi connectivity index (χ4v) is 4.21. The Hall–Kier alpha value is -3.10. The second-order valence-corrected chi connectivity index (χ2v) is 8.22. The second-order valence-electron chi connectivity index (χ2n) is 6.70. The number of amides is 1. The van der Waals surface area contributed by atoms with Gasteiger partial charge < -0.3 is 0 Å². The first-order valence-electron chi connectivity index (χ1n) is 9.11. The zero-order chi connectivity index (χ0) is 21.3. The third-order valence-corrected chi connectivity index (χ3v) is 5.86. The number of anilines is 1. The average Bonchev–Trinajstić information content (AvgIpc) is 3.25. The highest BCUT2D eigenvalue weighted by Gasteiger charge is 2.19. The molecular formula is C21H17ClFN5OS. The van der Waals surface area contributed by atoms with Gasteiger partial charge in [-0.1, -0.05) is 28.9 Å². The number of aromatic nitrogens is 4. The first-order valence-corrected chi connectivity index (χ1v) is 10.3. The van der Waals surface area contributed by atoms with Crippen LogP contribution in [0.3, 0.4) is 0 Å². The molecule has 2 heterocycles. The van der Waals surface area contributed by atoms with Crippen LogP contribution in [-0.4, -0.2) is 25.9 Å². The van der Waals surface area contributed by atoms with Crippen molar-refractivity contribution < 1.29 is 9.18 Å². The van der Waals surface area contributed by atoms with E-state index >= 15 is 0 Å². The Labute approximate surface area is 181 Å². The highest BCUT2D eigenvalue weighted by Crippen LogP contribution is 2.26.